The number of carbonyl (C=O) groups excluding carboxylic acids is 1. The van der Waals surface area contributed by atoms with Gasteiger partial charge in [-0.25, -0.2) is 19.6 Å². The van der Waals surface area contributed by atoms with Gasteiger partial charge < -0.3 is 19.8 Å². The fraction of sp³-hybridized carbons (Fsp3) is 0.368. The van der Waals surface area contributed by atoms with Gasteiger partial charge in [-0.2, -0.15) is 0 Å². The number of imidazole rings is 2. The Bertz CT molecular complexity index is 2080. The largest absolute Gasteiger partial charge is 0.465 e. The first kappa shape index (κ1) is 29.1. The standard InChI is InChI=1S/C38H38N6O4/c1-38(2,3)48-37(47)44-31-15-27(31)17-33(44)35-40-19-29(42-35)25-11-10-23-12-22(8-9-24(23)13-25)20-4-6-21(7-5-20)28-18-39-34(41-28)32-16-26-14-30(26)43(32)36(45)46/h4-13,18-19,26-27,30-33H,14-17H2,1-3H3,(H,39,41)(H,40,42)(H,45,46)/t26?,27-,30?,31+,32?,33-/m0/s1. The van der Waals surface area contributed by atoms with Gasteiger partial charge in [0.15, 0.2) is 0 Å². The Labute approximate surface area is 278 Å². The number of piperidine rings is 2. The first-order chi connectivity index (χ1) is 23.1. The fourth-order valence-electron chi connectivity index (χ4n) is 7.99. The fourth-order valence-corrected chi connectivity index (χ4v) is 7.99. The maximum atomic E-state index is 13.0. The number of amides is 2. The smallest absolute Gasteiger partial charge is 0.411 e. The molecule has 3 aromatic carbocycles. The molecule has 4 aliphatic rings. The minimum atomic E-state index is -0.863. The summed E-state index contributed by atoms with van der Waals surface area (Å²) in [5, 5.41) is 12.0. The van der Waals surface area contributed by atoms with Gasteiger partial charge in [0.25, 0.3) is 0 Å². The number of rotatable bonds is 5. The van der Waals surface area contributed by atoms with Crippen LogP contribution in [0.3, 0.4) is 0 Å². The molecule has 2 aromatic heterocycles. The molecule has 4 fully saturated rings. The van der Waals surface area contributed by atoms with Gasteiger partial charge in [-0.15, -0.1) is 0 Å². The SMILES string of the molecule is CC(C)(C)OC(=O)N1[C@@H]2C[C@H]2C[C@H]1c1nc(-c2ccc3cc(-c4ccc(-c5cnc(C6CC7CC7N6C(=O)O)[nH]5)cc4)ccc3c2)c[nH]1. The lowest BCUT2D eigenvalue weighted by molar-refractivity contribution is 0.0175. The summed E-state index contributed by atoms with van der Waals surface area (Å²) < 4.78 is 5.73. The van der Waals surface area contributed by atoms with E-state index in [1.54, 1.807) is 11.1 Å². The Kier molecular flexibility index (Phi) is 6.32. The van der Waals surface area contributed by atoms with Crippen molar-refractivity contribution in [3.8, 4) is 33.6 Å². The van der Waals surface area contributed by atoms with Crippen LogP contribution in [-0.4, -0.2) is 64.7 Å². The van der Waals surface area contributed by atoms with Gasteiger partial charge >= 0.3 is 12.2 Å². The molecule has 6 atom stereocenters. The number of hydrogen-bond donors (Lipinski definition) is 3. The van der Waals surface area contributed by atoms with Gasteiger partial charge in [-0.05, 0) is 97.9 Å². The molecule has 244 valence electrons. The molecule has 0 spiro atoms. The van der Waals surface area contributed by atoms with Crippen LogP contribution in [0.5, 0.6) is 0 Å². The van der Waals surface area contributed by atoms with Gasteiger partial charge in [-0.3, -0.25) is 9.80 Å². The van der Waals surface area contributed by atoms with Crippen LogP contribution >= 0.6 is 0 Å². The summed E-state index contributed by atoms with van der Waals surface area (Å²) in [6, 6.07) is 21.4. The van der Waals surface area contributed by atoms with Crippen LogP contribution < -0.4 is 0 Å². The third-order valence-corrected chi connectivity index (χ3v) is 10.5. The Morgan fingerprint density at radius 2 is 1.40 bits per heavy atom. The predicted molar refractivity (Wildman–Crippen MR) is 181 cm³/mol. The second kappa shape index (κ2) is 10.4. The number of H-pyrrole nitrogens is 2. The molecule has 3 N–H and O–H groups in total. The Hall–Kier alpha value is -5.12. The van der Waals surface area contributed by atoms with Crippen LogP contribution in [-0.2, 0) is 4.74 Å². The third-order valence-electron chi connectivity index (χ3n) is 10.5. The number of nitrogens with zero attached hydrogens (tertiary/aromatic N) is 4. The Balaban J connectivity index is 0.907. The zero-order valence-corrected chi connectivity index (χ0v) is 27.2. The first-order valence-corrected chi connectivity index (χ1v) is 16.9. The second-order valence-corrected chi connectivity index (χ2v) is 14.9. The van der Waals surface area contributed by atoms with Gasteiger partial charge in [0, 0.05) is 23.8 Å². The van der Waals surface area contributed by atoms with Crippen LogP contribution in [0.4, 0.5) is 9.59 Å². The van der Waals surface area contributed by atoms with Crippen LogP contribution in [0.1, 0.15) is 70.2 Å². The molecule has 2 saturated carbocycles. The number of aromatic nitrogens is 4. The number of ether oxygens (including phenoxy) is 1. The highest BCUT2D eigenvalue weighted by Crippen LogP contribution is 2.54. The van der Waals surface area contributed by atoms with E-state index < -0.39 is 11.7 Å². The summed E-state index contributed by atoms with van der Waals surface area (Å²) in [6.07, 6.45) is 6.38. The third kappa shape index (κ3) is 5.01. The predicted octanol–water partition coefficient (Wildman–Crippen LogP) is 8.17. The number of fused-ring (bicyclic) bond motifs is 3. The molecule has 10 heteroatoms. The molecule has 2 saturated heterocycles. The molecular formula is C38H38N6O4. The van der Waals surface area contributed by atoms with E-state index in [-0.39, 0.29) is 30.3 Å². The first-order valence-electron chi connectivity index (χ1n) is 16.9. The summed E-state index contributed by atoms with van der Waals surface area (Å²) in [4.78, 5) is 44.6. The van der Waals surface area contributed by atoms with Crippen molar-refractivity contribution >= 4 is 23.0 Å². The summed E-state index contributed by atoms with van der Waals surface area (Å²) in [5.74, 6) is 2.53. The molecule has 9 rings (SSSR count). The van der Waals surface area contributed by atoms with E-state index in [9.17, 15) is 14.7 Å². The van der Waals surface area contributed by atoms with E-state index in [1.165, 1.54) is 0 Å². The van der Waals surface area contributed by atoms with Crippen molar-refractivity contribution < 1.29 is 19.4 Å². The normalized spacial score (nSPS) is 25.6. The minimum absolute atomic E-state index is 0.0952. The van der Waals surface area contributed by atoms with E-state index in [1.807, 2.05) is 31.9 Å². The summed E-state index contributed by atoms with van der Waals surface area (Å²) in [5.41, 5.74) is 5.48. The zero-order valence-electron chi connectivity index (χ0n) is 27.2. The molecule has 10 nitrogen and oxygen atoms in total. The highest BCUT2D eigenvalue weighted by molar-refractivity contribution is 5.90. The van der Waals surface area contributed by atoms with E-state index in [0.717, 1.165) is 81.7 Å². The molecule has 0 radical (unpaired) electrons. The van der Waals surface area contributed by atoms with Gasteiger partial charge in [0.05, 0.1) is 29.7 Å². The van der Waals surface area contributed by atoms with Gasteiger partial charge in [0.1, 0.15) is 17.2 Å². The molecule has 2 aliphatic heterocycles. The molecule has 4 heterocycles. The number of likely N-dealkylation sites (tertiary alicyclic amines) is 2. The zero-order chi connectivity index (χ0) is 32.9. The van der Waals surface area contributed by atoms with E-state index >= 15 is 0 Å². The number of carboxylic acid groups (broad SMARTS) is 1. The van der Waals surface area contributed by atoms with Crippen molar-refractivity contribution in [1.82, 2.24) is 29.7 Å². The van der Waals surface area contributed by atoms with Crippen molar-refractivity contribution in [1.29, 1.82) is 0 Å². The quantitative estimate of drug-likeness (QED) is 0.177. The topological polar surface area (TPSA) is 127 Å². The molecule has 2 amide bonds. The number of carbonyl (C=O) groups is 2. The van der Waals surface area contributed by atoms with Crippen LogP contribution in [0, 0.1) is 11.8 Å². The molecule has 5 aromatic rings. The number of hydrogen-bond acceptors (Lipinski definition) is 5. The monoisotopic (exact) mass is 642 g/mol. The second-order valence-electron chi connectivity index (χ2n) is 14.9. The summed E-state index contributed by atoms with van der Waals surface area (Å²) in [6.45, 7) is 5.71. The average Bonchev–Trinajstić information content (AvgIpc) is 3.65. The van der Waals surface area contributed by atoms with Crippen molar-refractivity contribution in [3.05, 3.63) is 84.7 Å². The van der Waals surface area contributed by atoms with E-state index in [0.29, 0.717) is 11.8 Å². The van der Waals surface area contributed by atoms with Crippen LogP contribution in [0.15, 0.2) is 73.1 Å². The van der Waals surface area contributed by atoms with Crippen LogP contribution in [0.2, 0.25) is 0 Å². The van der Waals surface area contributed by atoms with Crippen LogP contribution in [0.25, 0.3) is 44.4 Å². The maximum absolute atomic E-state index is 13.0. The lowest BCUT2D eigenvalue weighted by Crippen LogP contribution is -2.38. The van der Waals surface area contributed by atoms with Gasteiger partial charge in [0.2, 0.25) is 0 Å². The number of aromatic amines is 2. The van der Waals surface area contributed by atoms with Gasteiger partial charge in [-0.1, -0.05) is 48.5 Å². The highest BCUT2D eigenvalue weighted by atomic mass is 16.6. The number of benzene rings is 3. The average molecular weight is 643 g/mol. The number of nitrogens with one attached hydrogen (secondary N) is 2. The Morgan fingerprint density at radius 3 is 2.08 bits per heavy atom. The van der Waals surface area contributed by atoms with Crippen molar-refractivity contribution in [2.45, 2.75) is 76.2 Å². The van der Waals surface area contributed by atoms with E-state index in [2.05, 4.69) is 75.6 Å². The summed E-state index contributed by atoms with van der Waals surface area (Å²) >= 11 is 0. The summed E-state index contributed by atoms with van der Waals surface area (Å²) in [7, 11) is 0. The minimum Gasteiger partial charge on any atom is -0.465 e. The van der Waals surface area contributed by atoms with Crippen molar-refractivity contribution in [2.24, 2.45) is 11.8 Å². The van der Waals surface area contributed by atoms with Crippen molar-refractivity contribution in [3.63, 3.8) is 0 Å². The van der Waals surface area contributed by atoms with Crippen molar-refractivity contribution in [2.75, 3.05) is 0 Å². The lowest BCUT2D eigenvalue weighted by Gasteiger charge is -2.29. The highest BCUT2D eigenvalue weighted by Gasteiger charge is 2.57. The van der Waals surface area contributed by atoms with E-state index in [4.69, 9.17) is 9.72 Å². The molecular weight excluding hydrogens is 604 g/mol. The lowest BCUT2D eigenvalue weighted by atomic mass is 9.98. The molecule has 0 bridgehead atoms. The Morgan fingerprint density at radius 1 is 0.792 bits per heavy atom. The molecule has 2 aliphatic carbocycles. The maximum Gasteiger partial charge on any atom is 0.411 e. The molecule has 48 heavy (non-hydrogen) atoms. The molecule has 3 unspecified atom stereocenters.